The largest absolute Gasteiger partial charge is 0.478 e. The van der Waals surface area contributed by atoms with Crippen molar-refractivity contribution in [2.75, 3.05) is 6.54 Å². The molecule has 0 radical (unpaired) electrons. The van der Waals surface area contributed by atoms with Gasteiger partial charge in [-0.1, -0.05) is 17.7 Å². The van der Waals surface area contributed by atoms with Crippen LogP contribution in [0.15, 0.2) is 35.7 Å². The molecule has 0 aliphatic heterocycles. The van der Waals surface area contributed by atoms with E-state index in [1.807, 2.05) is 0 Å². The van der Waals surface area contributed by atoms with Crippen molar-refractivity contribution in [2.45, 2.75) is 4.90 Å². The zero-order valence-electron chi connectivity index (χ0n) is 8.68. The van der Waals surface area contributed by atoms with Crippen LogP contribution >= 0.6 is 11.6 Å². The van der Waals surface area contributed by atoms with Crippen LogP contribution in [0, 0.1) is 0 Å². The number of nitrogens with one attached hydrogen (secondary N) is 1. The van der Waals surface area contributed by atoms with Crippen LogP contribution in [-0.4, -0.2) is 26.0 Å². The average molecular weight is 276 g/mol. The van der Waals surface area contributed by atoms with Gasteiger partial charge in [0.25, 0.3) is 0 Å². The number of benzene rings is 1. The highest BCUT2D eigenvalue weighted by atomic mass is 35.5. The van der Waals surface area contributed by atoms with Gasteiger partial charge >= 0.3 is 5.97 Å². The molecular formula is C10H10ClNO4S. The molecule has 0 aliphatic carbocycles. The Bertz CT molecular complexity index is 553. The molecule has 0 atom stereocenters. The zero-order valence-corrected chi connectivity index (χ0v) is 10.3. The number of halogens is 1. The van der Waals surface area contributed by atoms with E-state index in [-0.39, 0.29) is 22.0 Å². The van der Waals surface area contributed by atoms with E-state index in [1.165, 1.54) is 18.2 Å². The fourth-order valence-electron chi connectivity index (χ4n) is 1.09. The third kappa shape index (κ3) is 3.29. The molecule has 0 spiro atoms. The first-order chi connectivity index (χ1) is 7.88. The molecule has 5 nitrogen and oxygen atoms in total. The minimum absolute atomic E-state index is 0.0356. The molecular weight excluding hydrogens is 266 g/mol. The van der Waals surface area contributed by atoms with E-state index in [2.05, 4.69) is 11.3 Å². The minimum Gasteiger partial charge on any atom is -0.478 e. The topological polar surface area (TPSA) is 83.5 Å². The van der Waals surface area contributed by atoms with Crippen LogP contribution in [0.2, 0.25) is 5.02 Å². The van der Waals surface area contributed by atoms with Gasteiger partial charge in [0.05, 0.1) is 10.6 Å². The average Bonchev–Trinajstić information content (AvgIpc) is 2.26. The number of carbonyl (C=O) groups is 1. The Morgan fingerprint density at radius 1 is 1.53 bits per heavy atom. The SMILES string of the molecule is C=CCNS(=O)(=O)c1cc(C(=O)O)ccc1Cl. The standard InChI is InChI=1S/C10H10ClNO4S/c1-2-5-12-17(15,16)9-6-7(10(13)14)3-4-8(9)11/h2-4,6,12H,1,5H2,(H,13,14). The minimum atomic E-state index is -3.83. The van der Waals surface area contributed by atoms with Crippen LogP contribution in [0.4, 0.5) is 0 Å². The highest BCUT2D eigenvalue weighted by Crippen LogP contribution is 2.22. The van der Waals surface area contributed by atoms with Gasteiger partial charge in [0, 0.05) is 6.54 Å². The summed E-state index contributed by atoms with van der Waals surface area (Å²) in [5, 5.41) is 8.73. The first-order valence-corrected chi connectivity index (χ1v) is 6.38. The van der Waals surface area contributed by atoms with E-state index >= 15 is 0 Å². The fourth-order valence-corrected chi connectivity index (χ4v) is 2.61. The van der Waals surface area contributed by atoms with Gasteiger partial charge in [-0.2, -0.15) is 0 Å². The monoisotopic (exact) mass is 275 g/mol. The first kappa shape index (κ1) is 13.7. The predicted molar refractivity (Wildman–Crippen MR) is 63.8 cm³/mol. The molecule has 0 saturated heterocycles. The van der Waals surface area contributed by atoms with E-state index in [4.69, 9.17) is 16.7 Å². The zero-order chi connectivity index (χ0) is 13.1. The summed E-state index contributed by atoms with van der Waals surface area (Å²) in [4.78, 5) is 10.5. The van der Waals surface area contributed by atoms with E-state index < -0.39 is 16.0 Å². The number of carboxylic acids is 1. The third-order valence-electron chi connectivity index (χ3n) is 1.89. The van der Waals surface area contributed by atoms with Gasteiger partial charge in [0.1, 0.15) is 4.90 Å². The second kappa shape index (κ2) is 5.31. The van der Waals surface area contributed by atoms with Crippen molar-refractivity contribution in [1.29, 1.82) is 0 Å². The second-order valence-electron chi connectivity index (χ2n) is 3.09. The summed E-state index contributed by atoms with van der Waals surface area (Å²) in [6, 6.07) is 3.47. The maximum atomic E-state index is 11.8. The van der Waals surface area contributed by atoms with Gasteiger partial charge in [-0.25, -0.2) is 17.9 Å². The quantitative estimate of drug-likeness (QED) is 0.798. The molecule has 1 aromatic carbocycles. The molecule has 1 rings (SSSR count). The van der Waals surface area contributed by atoms with Crippen molar-refractivity contribution < 1.29 is 18.3 Å². The maximum Gasteiger partial charge on any atom is 0.335 e. The molecule has 1 aromatic rings. The lowest BCUT2D eigenvalue weighted by Crippen LogP contribution is -2.24. The predicted octanol–water partition coefficient (Wildman–Crippen LogP) is 1.50. The normalized spacial score (nSPS) is 11.1. The number of aromatic carboxylic acids is 1. The summed E-state index contributed by atoms with van der Waals surface area (Å²) in [5.41, 5.74) is -0.145. The van der Waals surface area contributed by atoms with Crippen molar-refractivity contribution in [1.82, 2.24) is 4.72 Å². The van der Waals surface area contributed by atoms with Gasteiger partial charge in [-0.3, -0.25) is 0 Å². The number of hydrogen-bond acceptors (Lipinski definition) is 3. The van der Waals surface area contributed by atoms with Gasteiger partial charge < -0.3 is 5.11 Å². The highest BCUT2D eigenvalue weighted by Gasteiger charge is 2.19. The Morgan fingerprint density at radius 3 is 2.71 bits per heavy atom. The lowest BCUT2D eigenvalue weighted by atomic mass is 10.2. The summed E-state index contributed by atoms with van der Waals surface area (Å²) < 4.78 is 25.7. The molecule has 17 heavy (non-hydrogen) atoms. The number of sulfonamides is 1. The van der Waals surface area contributed by atoms with Gasteiger partial charge in [0.15, 0.2) is 0 Å². The summed E-state index contributed by atoms with van der Waals surface area (Å²) in [7, 11) is -3.83. The molecule has 0 amide bonds. The number of rotatable bonds is 5. The summed E-state index contributed by atoms with van der Waals surface area (Å²) in [6.07, 6.45) is 1.37. The molecule has 0 heterocycles. The van der Waals surface area contributed by atoms with Crippen molar-refractivity contribution in [3.63, 3.8) is 0 Å². The molecule has 0 unspecified atom stereocenters. The van der Waals surface area contributed by atoms with Crippen LogP contribution in [-0.2, 0) is 10.0 Å². The molecule has 0 aromatic heterocycles. The molecule has 7 heteroatoms. The first-order valence-electron chi connectivity index (χ1n) is 4.52. The van der Waals surface area contributed by atoms with Gasteiger partial charge in [-0.05, 0) is 18.2 Å². The van der Waals surface area contributed by atoms with Crippen molar-refractivity contribution >= 4 is 27.6 Å². The van der Waals surface area contributed by atoms with Crippen LogP contribution in [0.3, 0.4) is 0 Å². The smallest absolute Gasteiger partial charge is 0.335 e. The lowest BCUT2D eigenvalue weighted by molar-refractivity contribution is 0.0696. The summed E-state index contributed by atoms with van der Waals surface area (Å²) in [6.45, 7) is 3.41. The molecule has 2 N–H and O–H groups in total. The Morgan fingerprint density at radius 2 is 2.18 bits per heavy atom. The lowest BCUT2D eigenvalue weighted by Gasteiger charge is -2.07. The molecule has 92 valence electrons. The van der Waals surface area contributed by atoms with E-state index in [9.17, 15) is 13.2 Å². The number of hydrogen-bond donors (Lipinski definition) is 2. The van der Waals surface area contributed by atoms with E-state index in [1.54, 1.807) is 0 Å². The Labute approximate surface area is 104 Å². The van der Waals surface area contributed by atoms with Crippen LogP contribution in [0.5, 0.6) is 0 Å². The fraction of sp³-hybridized carbons (Fsp3) is 0.100. The Kier molecular flexibility index (Phi) is 4.28. The van der Waals surface area contributed by atoms with Gasteiger partial charge in [-0.15, -0.1) is 6.58 Å². The van der Waals surface area contributed by atoms with Crippen LogP contribution < -0.4 is 4.72 Å². The number of carboxylic acid groups (broad SMARTS) is 1. The van der Waals surface area contributed by atoms with Crippen molar-refractivity contribution in [3.8, 4) is 0 Å². The molecule has 0 saturated carbocycles. The second-order valence-corrected chi connectivity index (χ2v) is 5.23. The molecule has 0 fully saturated rings. The Hall–Kier alpha value is -1.37. The summed E-state index contributed by atoms with van der Waals surface area (Å²) in [5.74, 6) is -1.22. The summed E-state index contributed by atoms with van der Waals surface area (Å²) >= 11 is 5.73. The molecule has 0 aliphatic rings. The Balaban J connectivity index is 3.25. The van der Waals surface area contributed by atoms with Crippen LogP contribution in [0.25, 0.3) is 0 Å². The molecule has 0 bridgehead atoms. The van der Waals surface area contributed by atoms with Crippen LogP contribution in [0.1, 0.15) is 10.4 Å². The van der Waals surface area contributed by atoms with E-state index in [0.29, 0.717) is 0 Å². The van der Waals surface area contributed by atoms with E-state index in [0.717, 1.165) is 6.07 Å². The van der Waals surface area contributed by atoms with Crippen molar-refractivity contribution in [3.05, 3.63) is 41.4 Å². The highest BCUT2D eigenvalue weighted by molar-refractivity contribution is 7.89. The maximum absolute atomic E-state index is 11.8. The van der Waals surface area contributed by atoms with Gasteiger partial charge in [0.2, 0.25) is 10.0 Å². The third-order valence-corrected chi connectivity index (χ3v) is 3.79. The van der Waals surface area contributed by atoms with Crippen molar-refractivity contribution in [2.24, 2.45) is 0 Å².